The average molecular weight is 269 g/mol. The zero-order valence-corrected chi connectivity index (χ0v) is 11.5. The maximum atomic E-state index is 13.0. The highest BCUT2D eigenvalue weighted by Crippen LogP contribution is 2.13. The fourth-order valence-corrected chi connectivity index (χ4v) is 1.80. The van der Waals surface area contributed by atoms with E-state index in [0.717, 1.165) is 5.69 Å². The van der Waals surface area contributed by atoms with Gasteiger partial charge in [0.25, 0.3) is 0 Å². The minimum Gasteiger partial charge on any atom is -0.378 e. The number of hydrogen-bond acceptors (Lipinski definition) is 2. The van der Waals surface area contributed by atoms with Gasteiger partial charge >= 0.3 is 0 Å². The zero-order chi connectivity index (χ0) is 14.5. The van der Waals surface area contributed by atoms with Gasteiger partial charge < -0.3 is 4.90 Å². The summed E-state index contributed by atoms with van der Waals surface area (Å²) in [4.78, 5) is 14.0. The van der Waals surface area contributed by atoms with Gasteiger partial charge in [0, 0.05) is 25.3 Å². The van der Waals surface area contributed by atoms with E-state index >= 15 is 0 Å². The topological polar surface area (TPSA) is 20.3 Å². The van der Waals surface area contributed by atoms with Crippen molar-refractivity contribution in [3.8, 4) is 0 Å². The molecule has 0 fully saturated rings. The highest BCUT2D eigenvalue weighted by molar-refractivity contribution is 6.06. The number of ketones is 1. The third kappa shape index (κ3) is 3.54. The molecule has 2 nitrogen and oxygen atoms in total. The Labute approximate surface area is 118 Å². The van der Waals surface area contributed by atoms with Crippen molar-refractivity contribution in [2.75, 3.05) is 19.0 Å². The number of halogens is 1. The number of benzene rings is 2. The fourth-order valence-electron chi connectivity index (χ4n) is 1.80. The minimum atomic E-state index is -0.310. The van der Waals surface area contributed by atoms with Crippen LogP contribution in [0.2, 0.25) is 0 Å². The van der Waals surface area contributed by atoms with Crippen LogP contribution in [0.15, 0.2) is 54.6 Å². The predicted octanol–water partition coefficient (Wildman–Crippen LogP) is 3.79. The molecule has 0 atom stereocenters. The van der Waals surface area contributed by atoms with E-state index < -0.39 is 0 Å². The highest BCUT2D eigenvalue weighted by Gasteiger charge is 2.02. The first-order valence-electron chi connectivity index (χ1n) is 6.31. The van der Waals surface area contributed by atoms with Crippen molar-refractivity contribution < 1.29 is 9.18 Å². The molecule has 102 valence electrons. The van der Waals surface area contributed by atoms with Crippen LogP contribution in [0.3, 0.4) is 0 Å². The second kappa shape index (κ2) is 6.15. The fraction of sp³-hybridized carbons (Fsp3) is 0.118. The van der Waals surface area contributed by atoms with E-state index in [2.05, 4.69) is 0 Å². The van der Waals surface area contributed by atoms with Crippen LogP contribution >= 0.6 is 0 Å². The molecule has 0 aliphatic heterocycles. The van der Waals surface area contributed by atoms with Crippen molar-refractivity contribution in [3.63, 3.8) is 0 Å². The molecule has 0 radical (unpaired) electrons. The zero-order valence-electron chi connectivity index (χ0n) is 11.5. The first kappa shape index (κ1) is 14.0. The number of carbonyl (C=O) groups excluding carboxylic acids is 1. The van der Waals surface area contributed by atoms with E-state index in [9.17, 15) is 9.18 Å². The molecule has 3 heteroatoms. The average Bonchev–Trinajstić information content (AvgIpc) is 2.45. The molecule has 0 aliphatic rings. The van der Waals surface area contributed by atoms with Crippen LogP contribution < -0.4 is 4.90 Å². The summed E-state index contributed by atoms with van der Waals surface area (Å²) in [5.74, 6) is -0.408. The number of nitrogens with zero attached hydrogens (tertiary/aromatic N) is 1. The largest absolute Gasteiger partial charge is 0.378 e. The normalized spacial score (nSPS) is 10.8. The molecule has 0 unspecified atom stereocenters. The van der Waals surface area contributed by atoms with Crippen molar-refractivity contribution in [1.82, 2.24) is 0 Å². The lowest BCUT2D eigenvalue weighted by Gasteiger charge is -2.11. The van der Waals surface area contributed by atoms with Gasteiger partial charge in [0.2, 0.25) is 0 Å². The Morgan fingerprint density at radius 1 is 1.10 bits per heavy atom. The first-order valence-corrected chi connectivity index (χ1v) is 6.31. The van der Waals surface area contributed by atoms with Crippen molar-refractivity contribution in [1.29, 1.82) is 0 Å². The second-order valence-corrected chi connectivity index (χ2v) is 4.69. The van der Waals surface area contributed by atoms with Crippen molar-refractivity contribution >= 4 is 17.5 Å². The molecular formula is C17H16FNO. The summed E-state index contributed by atoms with van der Waals surface area (Å²) >= 11 is 0. The lowest BCUT2D eigenvalue weighted by atomic mass is 10.1. The van der Waals surface area contributed by atoms with Gasteiger partial charge in [0.1, 0.15) is 5.82 Å². The molecule has 2 aromatic carbocycles. The monoisotopic (exact) mass is 269 g/mol. The number of anilines is 1. The van der Waals surface area contributed by atoms with Gasteiger partial charge in [-0.2, -0.15) is 0 Å². The first-order chi connectivity index (χ1) is 9.56. The van der Waals surface area contributed by atoms with Crippen LogP contribution in [-0.4, -0.2) is 19.9 Å². The molecule has 0 aliphatic carbocycles. The van der Waals surface area contributed by atoms with Crippen LogP contribution in [0, 0.1) is 5.82 Å². The Hall–Kier alpha value is -2.42. The van der Waals surface area contributed by atoms with Crippen LogP contribution in [0.5, 0.6) is 0 Å². The molecule has 2 rings (SSSR count). The van der Waals surface area contributed by atoms with E-state index in [4.69, 9.17) is 0 Å². The Kier molecular flexibility index (Phi) is 4.31. The maximum Gasteiger partial charge on any atom is 0.185 e. The Bertz CT molecular complexity index is 630. The number of rotatable bonds is 4. The molecule has 0 N–H and O–H groups in total. The molecule has 0 saturated heterocycles. The summed E-state index contributed by atoms with van der Waals surface area (Å²) in [6.45, 7) is 0. The number of hydrogen-bond donors (Lipinski definition) is 0. The van der Waals surface area contributed by atoms with Crippen LogP contribution in [0.25, 0.3) is 6.08 Å². The molecule has 0 amide bonds. The summed E-state index contributed by atoms with van der Waals surface area (Å²) in [5.41, 5.74) is 2.32. The SMILES string of the molecule is CN(C)c1ccc(C(=O)C=Cc2cccc(F)c2)cc1. The van der Waals surface area contributed by atoms with Gasteiger partial charge in [0.05, 0.1) is 0 Å². The van der Waals surface area contributed by atoms with Crippen molar-refractivity contribution in [3.05, 3.63) is 71.6 Å². The lowest BCUT2D eigenvalue weighted by Crippen LogP contribution is -2.08. The van der Waals surface area contributed by atoms with Crippen molar-refractivity contribution in [2.45, 2.75) is 0 Å². The van der Waals surface area contributed by atoms with Gasteiger partial charge in [-0.15, -0.1) is 0 Å². The summed E-state index contributed by atoms with van der Waals surface area (Å²) in [6, 6.07) is 13.5. The molecule has 0 aromatic heterocycles. The van der Waals surface area contributed by atoms with Crippen LogP contribution in [-0.2, 0) is 0 Å². The molecule has 0 saturated carbocycles. The second-order valence-electron chi connectivity index (χ2n) is 4.69. The summed E-state index contributed by atoms with van der Waals surface area (Å²) in [6.07, 6.45) is 3.07. The summed E-state index contributed by atoms with van der Waals surface area (Å²) in [7, 11) is 3.89. The Balaban J connectivity index is 2.11. The van der Waals surface area contributed by atoms with E-state index in [1.165, 1.54) is 18.2 Å². The van der Waals surface area contributed by atoms with Gasteiger partial charge in [-0.05, 0) is 48.0 Å². The molecule has 20 heavy (non-hydrogen) atoms. The molecule has 0 bridgehead atoms. The van der Waals surface area contributed by atoms with Crippen LogP contribution in [0.4, 0.5) is 10.1 Å². The van der Waals surface area contributed by atoms with Crippen LogP contribution in [0.1, 0.15) is 15.9 Å². The van der Waals surface area contributed by atoms with E-state index in [0.29, 0.717) is 11.1 Å². The van der Waals surface area contributed by atoms with Gasteiger partial charge in [-0.1, -0.05) is 18.2 Å². The standard InChI is InChI=1S/C17H16FNO/c1-19(2)16-9-7-14(8-10-16)17(20)11-6-13-4-3-5-15(18)12-13/h3-12H,1-2H3. The number of allylic oxidation sites excluding steroid dienone is 1. The van der Waals surface area contributed by atoms with E-state index in [-0.39, 0.29) is 11.6 Å². The van der Waals surface area contributed by atoms with Crippen molar-refractivity contribution in [2.24, 2.45) is 0 Å². The highest BCUT2D eigenvalue weighted by atomic mass is 19.1. The Morgan fingerprint density at radius 2 is 1.80 bits per heavy atom. The Morgan fingerprint density at radius 3 is 2.40 bits per heavy atom. The third-order valence-corrected chi connectivity index (χ3v) is 2.94. The molecule has 0 heterocycles. The molecular weight excluding hydrogens is 253 g/mol. The van der Waals surface area contributed by atoms with Gasteiger partial charge in [-0.25, -0.2) is 4.39 Å². The quantitative estimate of drug-likeness (QED) is 0.621. The molecule has 0 spiro atoms. The third-order valence-electron chi connectivity index (χ3n) is 2.94. The predicted molar refractivity (Wildman–Crippen MR) is 80.5 cm³/mol. The van der Waals surface area contributed by atoms with Gasteiger partial charge in [-0.3, -0.25) is 4.79 Å². The van der Waals surface area contributed by atoms with E-state index in [1.807, 2.05) is 31.1 Å². The van der Waals surface area contributed by atoms with E-state index in [1.54, 1.807) is 30.3 Å². The smallest absolute Gasteiger partial charge is 0.185 e. The summed E-state index contributed by atoms with van der Waals surface area (Å²) < 4.78 is 13.0. The lowest BCUT2D eigenvalue weighted by molar-refractivity contribution is 0.104. The van der Waals surface area contributed by atoms with Gasteiger partial charge in [0.15, 0.2) is 5.78 Å². The minimum absolute atomic E-state index is 0.0976. The summed E-state index contributed by atoms with van der Waals surface area (Å²) in [5, 5.41) is 0. The number of carbonyl (C=O) groups is 1. The molecule has 2 aromatic rings. The maximum absolute atomic E-state index is 13.0.